The van der Waals surface area contributed by atoms with E-state index in [0.29, 0.717) is 17.7 Å². The second kappa shape index (κ2) is 7.96. The van der Waals surface area contributed by atoms with Crippen LogP contribution in [-0.2, 0) is 5.41 Å². The maximum atomic E-state index is 14.0. The quantitative estimate of drug-likeness (QED) is 0.483. The highest BCUT2D eigenvalue weighted by Gasteiger charge is 2.52. The molecular weight excluding hydrogens is 455 g/mol. The molecule has 3 aliphatic carbocycles. The molecular formula is C22H20F3N5O4. The van der Waals surface area contributed by atoms with Gasteiger partial charge < -0.3 is 14.9 Å². The van der Waals surface area contributed by atoms with E-state index in [1.807, 2.05) is 0 Å². The van der Waals surface area contributed by atoms with Crippen molar-refractivity contribution in [3.63, 3.8) is 0 Å². The molecule has 2 aromatic heterocycles. The van der Waals surface area contributed by atoms with Gasteiger partial charge in [-0.15, -0.1) is 0 Å². The molecule has 3 fully saturated rings. The number of carbonyl (C=O) groups excluding carboxylic acids is 1. The van der Waals surface area contributed by atoms with Gasteiger partial charge in [-0.05, 0) is 56.1 Å². The highest BCUT2D eigenvalue weighted by molar-refractivity contribution is 5.94. The Hall–Kier alpha value is -3.70. The van der Waals surface area contributed by atoms with Gasteiger partial charge in [-0.2, -0.15) is 14.5 Å². The van der Waals surface area contributed by atoms with Gasteiger partial charge in [0.25, 0.3) is 11.5 Å². The van der Waals surface area contributed by atoms with Gasteiger partial charge in [0.1, 0.15) is 5.69 Å². The maximum Gasteiger partial charge on any atom is 0.264 e. The van der Waals surface area contributed by atoms with Crippen LogP contribution < -0.4 is 10.9 Å². The van der Waals surface area contributed by atoms with E-state index in [1.165, 1.54) is 12.1 Å². The summed E-state index contributed by atoms with van der Waals surface area (Å²) in [6.07, 6.45) is 4.43. The molecule has 0 atom stereocenters. The second-order valence-corrected chi connectivity index (χ2v) is 9.08. The number of halogens is 3. The number of hydrogen-bond acceptors (Lipinski definition) is 7. The van der Waals surface area contributed by atoms with Crippen molar-refractivity contribution in [1.29, 1.82) is 0 Å². The SMILES string of the molecule is O=C(NC[C@]12CC[C@](c3nc(-c4ccc(=O)[nH]n4)no3)(CC1)CC2)c1cc(F)c(O)c(F)c1F. The maximum absolute atomic E-state index is 14.0. The summed E-state index contributed by atoms with van der Waals surface area (Å²) in [5, 5.41) is 22.0. The molecule has 3 aromatic rings. The number of hydrogen-bond donors (Lipinski definition) is 3. The number of benzene rings is 1. The van der Waals surface area contributed by atoms with Gasteiger partial charge >= 0.3 is 0 Å². The van der Waals surface area contributed by atoms with Crippen molar-refractivity contribution < 1.29 is 27.6 Å². The number of amides is 1. The van der Waals surface area contributed by atoms with Gasteiger partial charge in [0, 0.05) is 18.0 Å². The fourth-order valence-electron chi connectivity index (χ4n) is 4.97. The Morgan fingerprint density at radius 2 is 1.82 bits per heavy atom. The molecule has 2 heterocycles. The summed E-state index contributed by atoms with van der Waals surface area (Å²) in [5.41, 5.74) is -1.26. The van der Waals surface area contributed by atoms with Crippen molar-refractivity contribution in [2.75, 3.05) is 6.54 Å². The Labute approximate surface area is 190 Å². The van der Waals surface area contributed by atoms with Crippen LogP contribution in [0.25, 0.3) is 11.5 Å². The van der Waals surface area contributed by atoms with E-state index < -0.39 is 34.7 Å². The molecule has 0 radical (unpaired) electrons. The van der Waals surface area contributed by atoms with Crippen LogP contribution in [0, 0.1) is 22.9 Å². The van der Waals surface area contributed by atoms with Crippen molar-refractivity contribution in [2.45, 2.75) is 43.9 Å². The average molecular weight is 475 g/mol. The predicted molar refractivity (Wildman–Crippen MR) is 110 cm³/mol. The molecule has 0 unspecified atom stereocenters. The first-order valence-corrected chi connectivity index (χ1v) is 10.8. The molecule has 0 spiro atoms. The van der Waals surface area contributed by atoms with E-state index in [-0.39, 0.29) is 28.8 Å². The zero-order chi connectivity index (χ0) is 24.1. The summed E-state index contributed by atoms with van der Waals surface area (Å²) >= 11 is 0. The summed E-state index contributed by atoms with van der Waals surface area (Å²) < 4.78 is 46.7. The van der Waals surface area contributed by atoms with Crippen molar-refractivity contribution in [3.8, 4) is 17.3 Å². The number of carbonyl (C=O) groups is 1. The number of aromatic amines is 1. The Balaban J connectivity index is 1.26. The molecule has 3 aliphatic rings. The monoisotopic (exact) mass is 475 g/mol. The molecule has 2 bridgehead atoms. The lowest BCUT2D eigenvalue weighted by molar-refractivity contribution is 0.0228. The normalized spacial score (nSPS) is 23.7. The minimum Gasteiger partial charge on any atom is -0.503 e. The van der Waals surface area contributed by atoms with Gasteiger partial charge in [-0.3, -0.25) is 9.59 Å². The summed E-state index contributed by atoms with van der Waals surface area (Å²) in [4.78, 5) is 28.1. The first kappa shape index (κ1) is 22.1. The van der Waals surface area contributed by atoms with Crippen LogP contribution in [0.1, 0.15) is 54.8 Å². The van der Waals surface area contributed by atoms with Gasteiger partial charge in [-0.1, -0.05) is 5.16 Å². The van der Waals surface area contributed by atoms with E-state index in [1.54, 1.807) is 0 Å². The van der Waals surface area contributed by atoms with Crippen LogP contribution in [0.2, 0.25) is 0 Å². The number of nitrogens with zero attached hydrogens (tertiary/aromatic N) is 3. The number of H-pyrrole nitrogens is 1. The number of nitrogens with one attached hydrogen (secondary N) is 2. The highest BCUT2D eigenvalue weighted by atomic mass is 19.2. The van der Waals surface area contributed by atoms with Crippen molar-refractivity contribution in [1.82, 2.24) is 25.7 Å². The molecule has 0 aliphatic heterocycles. The van der Waals surface area contributed by atoms with Crippen molar-refractivity contribution in [2.24, 2.45) is 5.41 Å². The molecule has 34 heavy (non-hydrogen) atoms. The molecule has 3 saturated carbocycles. The number of aromatic hydroxyl groups is 1. The average Bonchev–Trinajstić information content (AvgIpc) is 3.36. The first-order valence-electron chi connectivity index (χ1n) is 10.8. The number of rotatable bonds is 5. The zero-order valence-electron chi connectivity index (χ0n) is 17.8. The fraction of sp³-hybridized carbons (Fsp3) is 0.409. The summed E-state index contributed by atoms with van der Waals surface area (Å²) in [7, 11) is 0. The third-order valence-corrected chi connectivity index (χ3v) is 7.19. The van der Waals surface area contributed by atoms with Gasteiger partial charge in [0.15, 0.2) is 17.4 Å². The molecule has 12 heteroatoms. The van der Waals surface area contributed by atoms with Crippen LogP contribution in [0.3, 0.4) is 0 Å². The minimum atomic E-state index is -1.79. The van der Waals surface area contributed by atoms with Crippen LogP contribution in [0.15, 0.2) is 27.5 Å². The molecule has 178 valence electrons. The Morgan fingerprint density at radius 1 is 1.12 bits per heavy atom. The molecule has 1 amide bonds. The van der Waals surface area contributed by atoms with Crippen LogP contribution >= 0.6 is 0 Å². The Bertz CT molecular complexity index is 1290. The van der Waals surface area contributed by atoms with Gasteiger partial charge in [0.2, 0.25) is 17.5 Å². The summed E-state index contributed by atoms with van der Waals surface area (Å²) in [5.74, 6) is -6.40. The lowest BCUT2D eigenvalue weighted by atomic mass is 9.53. The third-order valence-electron chi connectivity index (χ3n) is 7.19. The third kappa shape index (κ3) is 3.62. The van der Waals surface area contributed by atoms with E-state index in [4.69, 9.17) is 9.63 Å². The lowest BCUT2D eigenvalue weighted by Gasteiger charge is -2.51. The highest BCUT2D eigenvalue weighted by Crippen LogP contribution is 2.57. The molecule has 1 aromatic carbocycles. The van der Waals surface area contributed by atoms with E-state index in [9.17, 15) is 22.8 Å². The van der Waals surface area contributed by atoms with Crippen LogP contribution in [-0.4, -0.2) is 37.9 Å². The fourth-order valence-corrected chi connectivity index (χ4v) is 4.97. The molecule has 9 nitrogen and oxygen atoms in total. The summed E-state index contributed by atoms with van der Waals surface area (Å²) in [6, 6.07) is 3.32. The minimum absolute atomic E-state index is 0.224. The number of phenols is 1. The second-order valence-electron chi connectivity index (χ2n) is 9.08. The largest absolute Gasteiger partial charge is 0.503 e. The molecule has 6 rings (SSSR count). The lowest BCUT2D eigenvalue weighted by Crippen LogP contribution is -2.49. The van der Waals surface area contributed by atoms with Crippen molar-refractivity contribution >= 4 is 5.91 Å². The predicted octanol–water partition coefficient (Wildman–Crippen LogP) is 2.96. The number of aromatic nitrogens is 4. The standard InChI is InChI=1S/C22H20F3N5O4/c23-12-9-11(15(24)16(25)17(12)32)19(33)26-10-21-3-6-22(7-4-21,8-5-21)20-27-18(30-34-20)13-1-2-14(31)29-28-13/h1-2,9,32H,3-8,10H2,(H,26,33)(H,29,31)/t21-,22+. The molecule has 0 saturated heterocycles. The smallest absolute Gasteiger partial charge is 0.264 e. The van der Waals surface area contributed by atoms with Gasteiger partial charge in [-0.25, -0.2) is 13.9 Å². The Morgan fingerprint density at radius 3 is 2.47 bits per heavy atom. The van der Waals surface area contributed by atoms with Crippen LogP contribution in [0.5, 0.6) is 5.75 Å². The van der Waals surface area contributed by atoms with Crippen molar-refractivity contribution in [3.05, 3.63) is 57.5 Å². The van der Waals surface area contributed by atoms with Crippen LogP contribution in [0.4, 0.5) is 13.2 Å². The van der Waals surface area contributed by atoms with E-state index in [2.05, 4.69) is 25.7 Å². The van der Waals surface area contributed by atoms with E-state index in [0.717, 1.165) is 38.5 Å². The zero-order valence-corrected chi connectivity index (χ0v) is 17.8. The van der Waals surface area contributed by atoms with E-state index >= 15 is 0 Å². The Kier molecular flexibility index (Phi) is 5.18. The summed E-state index contributed by atoms with van der Waals surface area (Å²) in [6.45, 7) is 0.224. The number of fused-ring (bicyclic) bond motifs is 3. The topological polar surface area (TPSA) is 134 Å². The number of phenolic OH excluding ortho intramolecular Hbond substituents is 1. The van der Waals surface area contributed by atoms with Gasteiger partial charge in [0.05, 0.1) is 5.56 Å². The molecule has 3 N–H and O–H groups in total. The first-order chi connectivity index (χ1) is 16.2.